The van der Waals surface area contributed by atoms with E-state index in [9.17, 15) is 0 Å². The van der Waals surface area contributed by atoms with Gasteiger partial charge in [-0.05, 0) is 31.4 Å². The van der Waals surface area contributed by atoms with E-state index in [1.54, 1.807) is 0 Å². The zero-order valence-corrected chi connectivity index (χ0v) is 10.2. The topological polar surface area (TPSA) is 81.3 Å². The zero-order valence-electron chi connectivity index (χ0n) is 10.2. The summed E-state index contributed by atoms with van der Waals surface area (Å²) in [5.74, 6) is 0.751. The van der Waals surface area contributed by atoms with Crippen molar-refractivity contribution in [2.24, 2.45) is 0 Å². The number of ether oxygens (including phenoxy) is 1. The van der Waals surface area contributed by atoms with E-state index in [1.807, 2.05) is 24.3 Å². The minimum atomic E-state index is 0.221. The van der Waals surface area contributed by atoms with Crippen LogP contribution in [0.3, 0.4) is 0 Å². The SMILES string of the molecule is Nc1nc(OCCCCCO)c2ccccc2n1. The second-order valence-electron chi connectivity index (χ2n) is 4.04. The van der Waals surface area contributed by atoms with Gasteiger partial charge in [-0.1, -0.05) is 12.1 Å². The van der Waals surface area contributed by atoms with Crippen molar-refractivity contribution in [3.05, 3.63) is 24.3 Å². The summed E-state index contributed by atoms with van der Waals surface area (Å²) in [5.41, 5.74) is 6.43. The second kappa shape index (κ2) is 6.16. The summed E-state index contributed by atoms with van der Waals surface area (Å²) in [6.07, 6.45) is 2.63. The molecule has 0 aliphatic carbocycles. The van der Waals surface area contributed by atoms with Gasteiger partial charge in [0.2, 0.25) is 11.8 Å². The number of nitrogen functional groups attached to an aromatic ring is 1. The Balaban J connectivity index is 2.07. The Bertz CT molecular complexity index is 517. The van der Waals surface area contributed by atoms with Crippen molar-refractivity contribution in [1.82, 2.24) is 9.97 Å². The highest BCUT2D eigenvalue weighted by molar-refractivity contribution is 5.84. The predicted molar refractivity (Wildman–Crippen MR) is 70.4 cm³/mol. The van der Waals surface area contributed by atoms with Crippen molar-refractivity contribution in [2.75, 3.05) is 18.9 Å². The number of nitrogens with two attached hydrogens (primary N) is 1. The lowest BCUT2D eigenvalue weighted by molar-refractivity contribution is 0.264. The Labute approximate surface area is 106 Å². The van der Waals surface area contributed by atoms with Gasteiger partial charge >= 0.3 is 0 Å². The molecule has 0 saturated carbocycles. The van der Waals surface area contributed by atoms with Gasteiger partial charge in [-0.25, -0.2) is 4.98 Å². The summed E-state index contributed by atoms with van der Waals surface area (Å²) in [7, 11) is 0. The fourth-order valence-electron chi connectivity index (χ4n) is 1.73. The number of nitrogens with zero attached hydrogens (tertiary/aromatic N) is 2. The molecular formula is C13H17N3O2. The molecule has 1 aromatic carbocycles. The van der Waals surface area contributed by atoms with Gasteiger partial charge in [-0.15, -0.1) is 0 Å². The van der Waals surface area contributed by atoms with Gasteiger partial charge in [0.05, 0.1) is 17.5 Å². The number of hydrogen-bond acceptors (Lipinski definition) is 5. The quantitative estimate of drug-likeness (QED) is 0.760. The lowest BCUT2D eigenvalue weighted by Gasteiger charge is -2.08. The third-order valence-electron chi connectivity index (χ3n) is 2.63. The van der Waals surface area contributed by atoms with Crippen LogP contribution in [0.1, 0.15) is 19.3 Å². The maximum Gasteiger partial charge on any atom is 0.226 e. The summed E-state index contributed by atoms with van der Waals surface area (Å²) in [4.78, 5) is 8.26. The zero-order chi connectivity index (χ0) is 12.8. The Kier molecular flexibility index (Phi) is 4.30. The van der Waals surface area contributed by atoms with Crippen molar-refractivity contribution in [1.29, 1.82) is 0 Å². The van der Waals surface area contributed by atoms with Crippen LogP contribution in [0.25, 0.3) is 10.9 Å². The molecule has 2 rings (SSSR count). The number of hydrogen-bond donors (Lipinski definition) is 2. The van der Waals surface area contributed by atoms with Gasteiger partial charge in [0.1, 0.15) is 0 Å². The maximum absolute atomic E-state index is 8.68. The Hall–Kier alpha value is -1.88. The molecule has 96 valence electrons. The summed E-state index contributed by atoms with van der Waals surface area (Å²) >= 11 is 0. The highest BCUT2D eigenvalue weighted by atomic mass is 16.5. The number of fused-ring (bicyclic) bond motifs is 1. The minimum Gasteiger partial charge on any atom is -0.477 e. The Morgan fingerprint density at radius 1 is 1.11 bits per heavy atom. The van der Waals surface area contributed by atoms with Crippen molar-refractivity contribution in [2.45, 2.75) is 19.3 Å². The van der Waals surface area contributed by atoms with Gasteiger partial charge in [-0.3, -0.25) is 0 Å². The molecular weight excluding hydrogens is 230 g/mol. The van der Waals surface area contributed by atoms with Crippen LogP contribution in [-0.2, 0) is 0 Å². The summed E-state index contributed by atoms with van der Waals surface area (Å²) in [5, 5.41) is 9.55. The molecule has 2 aromatic rings. The largest absolute Gasteiger partial charge is 0.477 e. The molecule has 0 aliphatic rings. The van der Waals surface area contributed by atoms with Gasteiger partial charge in [0, 0.05) is 6.61 Å². The van der Waals surface area contributed by atoms with Gasteiger partial charge < -0.3 is 15.6 Å². The molecule has 0 bridgehead atoms. The second-order valence-corrected chi connectivity index (χ2v) is 4.04. The molecule has 18 heavy (non-hydrogen) atoms. The van der Waals surface area contributed by atoms with Crippen LogP contribution in [0.4, 0.5) is 5.95 Å². The number of anilines is 1. The van der Waals surface area contributed by atoms with Crippen LogP contribution < -0.4 is 10.5 Å². The third kappa shape index (κ3) is 3.07. The molecule has 1 heterocycles. The highest BCUT2D eigenvalue weighted by Gasteiger charge is 2.06. The van der Waals surface area contributed by atoms with E-state index in [2.05, 4.69) is 9.97 Å². The first-order valence-corrected chi connectivity index (χ1v) is 6.07. The third-order valence-corrected chi connectivity index (χ3v) is 2.63. The first-order valence-electron chi connectivity index (χ1n) is 6.07. The molecule has 0 amide bonds. The van der Waals surface area contributed by atoms with Gasteiger partial charge in [0.15, 0.2) is 0 Å². The molecule has 0 aliphatic heterocycles. The lowest BCUT2D eigenvalue weighted by atomic mass is 10.2. The standard InChI is InChI=1S/C13H17N3O2/c14-13-15-11-7-3-2-6-10(11)12(16-13)18-9-5-1-4-8-17/h2-3,6-7,17H,1,4-5,8-9H2,(H2,14,15,16). The van der Waals surface area contributed by atoms with E-state index in [1.165, 1.54) is 0 Å². The summed E-state index contributed by atoms with van der Waals surface area (Å²) < 4.78 is 5.63. The smallest absolute Gasteiger partial charge is 0.226 e. The van der Waals surface area contributed by atoms with Crippen molar-refractivity contribution >= 4 is 16.9 Å². The van der Waals surface area contributed by atoms with Gasteiger partial charge in [-0.2, -0.15) is 4.98 Å². The summed E-state index contributed by atoms with van der Waals surface area (Å²) in [6, 6.07) is 7.62. The number of aliphatic hydroxyl groups is 1. The number of benzene rings is 1. The molecule has 0 spiro atoms. The normalized spacial score (nSPS) is 10.7. The average molecular weight is 247 g/mol. The Morgan fingerprint density at radius 3 is 2.78 bits per heavy atom. The van der Waals surface area contributed by atoms with Crippen LogP contribution >= 0.6 is 0 Å². The molecule has 0 fully saturated rings. The van der Waals surface area contributed by atoms with Crippen molar-refractivity contribution in [3.63, 3.8) is 0 Å². The van der Waals surface area contributed by atoms with Crippen molar-refractivity contribution < 1.29 is 9.84 Å². The molecule has 5 heteroatoms. The van der Waals surface area contributed by atoms with E-state index in [4.69, 9.17) is 15.6 Å². The number of para-hydroxylation sites is 1. The lowest BCUT2D eigenvalue weighted by Crippen LogP contribution is -2.03. The first kappa shape index (κ1) is 12.6. The minimum absolute atomic E-state index is 0.221. The van der Waals surface area contributed by atoms with E-state index in [0.29, 0.717) is 12.5 Å². The molecule has 0 atom stereocenters. The van der Waals surface area contributed by atoms with Crippen LogP contribution in [0.5, 0.6) is 5.88 Å². The Morgan fingerprint density at radius 2 is 1.94 bits per heavy atom. The number of aromatic nitrogens is 2. The molecule has 0 radical (unpaired) electrons. The highest BCUT2D eigenvalue weighted by Crippen LogP contribution is 2.22. The fraction of sp³-hybridized carbons (Fsp3) is 0.385. The molecule has 5 nitrogen and oxygen atoms in total. The first-order chi connectivity index (χ1) is 8.81. The van der Waals surface area contributed by atoms with Crippen LogP contribution in [0, 0.1) is 0 Å². The maximum atomic E-state index is 8.68. The number of aliphatic hydroxyl groups excluding tert-OH is 1. The van der Waals surface area contributed by atoms with E-state index < -0.39 is 0 Å². The number of unbranched alkanes of at least 4 members (excludes halogenated alkanes) is 2. The van der Waals surface area contributed by atoms with E-state index in [-0.39, 0.29) is 12.6 Å². The predicted octanol–water partition coefficient (Wildman–Crippen LogP) is 1.75. The molecule has 3 N–H and O–H groups in total. The van der Waals surface area contributed by atoms with Crippen LogP contribution in [0.15, 0.2) is 24.3 Å². The molecule has 0 unspecified atom stereocenters. The fourth-order valence-corrected chi connectivity index (χ4v) is 1.73. The molecule has 0 saturated heterocycles. The van der Waals surface area contributed by atoms with Crippen LogP contribution in [-0.4, -0.2) is 28.3 Å². The monoisotopic (exact) mass is 247 g/mol. The number of rotatable bonds is 6. The van der Waals surface area contributed by atoms with E-state index >= 15 is 0 Å². The van der Waals surface area contributed by atoms with Crippen molar-refractivity contribution in [3.8, 4) is 5.88 Å². The summed E-state index contributed by atoms with van der Waals surface area (Å²) in [6.45, 7) is 0.795. The average Bonchev–Trinajstić information content (AvgIpc) is 2.38. The van der Waals surface area contributed by atoms with Crippen LogP contribution in [0.2, 0.25) is 0 Å². The van der Waals surface area contributed by atoms with E-state index in [0.717, 1.165) is 30.2 Å². The van der Waals surface area contributed by atoms with Gasteiger partial charge in [0.25, 0.3) is 0 Å². The molecule has 1 aromatic heterocycles.